The second-order valence-corrected chi connectivity index (χ2v) is 6.97. The van der Waals surface area contributed by atoms with Crippen LogP contribution in [0.1, 0.15) is 27.5 Å². The second kappa shape index (κ2) is 9.01. The lowest BCUT2D eigenvalue weighted by molar-refractivity contribution is -0.596. The number of carbonyl (C=O) groups excluding carboxylic acids is 2. The largest absolute Gasteiger partial charge is 0.334 e. The minimum Gasteiger partial charge on any atom is -0.334 e. The van der Waals surface area contributed by atoms with Gasteiger partial charge in [0.1, 0.15) is 0 Å². The molecule has 2 atom stereocenters. The van der Waals surface area contributed by atoms with Gasteiger partial charge in [-0.3, -0.25) is 9.59 Å². The van der Waals surface area contributed by atoms with Crippen molar-refractivity contribution in [2.75, 3.05) is 0 Å². The lowest BCUT2D eigenvalue weighted by Gasteiger charge is -2.14. The molecule has 3 aromatic carbocycles. The van der Waals surface area contributed by atoms with Gasteiger partial charge in [-0.2, -0.15) is 0 Å². The fourth-order valence-corrected chi connectivity index (χ4v) is 3.47. The van der Waals surface area contributed by atoms with Crippen molar-refractivity contribution < 1.29 is 14.3 Å². The highest BCUT2D eigenvalue weighted by Gasteiger charge is 2.47. The maximum atomic E-state index is 12.8. The van der Waals surface area contributed by atoms with Crippen LogP contribution in [0.15, 0.2) is 97.1 Å². The Hall–Kier alpha value is -3.99. The SMILES string of the molecule is O=C(N[C@H]1C(=O)N/[N+](=C\C=C\c2ccccc2)[C@@H]1c1ccccc1)c1ccccc1. The molecule has 5 nitrogen and oxygen atoms in total. The first-order valence-corrected chi connectivity index (χ1v) is 9.79. The molecule has 0 bridgehead atoms. The molecule has 30 heavy (non-hydrogen) atoms. The monoisotopic (exact) mass is 396 g/mol. The number of hydrazone groups is 1. The molecular weight excluding hydrogens is 374 g/mol. The highest BCUT2D eigenvalue weighted by Crippen LogP contribution is 2.25. The van der Waals surface area contributed by atoms with E-state index in [1.807, 2.05) is 85.1 Å². The van der Waals surface area contributed by atoms with Crippen molar-refractivity contribution in [3.8, 4) is 0 Å². The molecule has 3 aromatic rings. The van der Waals surface area contributed by atoms with E-state index >= 15 is 0 Å². The van der Waals surface area contributed by atoms with E-state index < -0.39 is 6.04 Å². The molecule has 0 radical (unpaired) electrons. The fourth-order valence-electron chi connectivity index (χ4n) is 3.47. The third kappa shape index (κ3) is 4.36. The summed E-state index contributed by atoms with van der Waals surface area (Å²) < 4.78 is 1.74. The summed E-state index contributed by atoms with van der Waals surface area (Å²) in [5, 5.41) is 2.89. The maximum absolute atomic E-state index is 12.8. The molecule has 2 amide bonds. The van der Waals surface area contributed by atoms with Gasteiger partial charge in [-0.25, -0.2) is 0 Å². The van der Waals surface area contributed by atoms with Crippen LogP contribution in [0.3, 0.4) is 0 Å². The third-order valence-corrected chi connectivity index (χ3v) is 4.94. The average Bonchev–Trinajstić information content (AvgIpc) is 3.10. The summed E-state index contributed by atoms with van der Waals surface area (Å²) in [6.07, 6.45) is 5.66. The molecular formula is C25H22N3O2+. The smallest absolute Gasteiger partial charge is 0.304 e. The van der Waals surface area contributed by atoms with Gasteiger partial charge in [-0.05, 0) is 23.8 Å². The summed E-state index contributed by atoms with van der Waals surface area (Å²) in [5.41, 5.74) is 5.37. The third-order valence-electron chi connectivity index (χ3n) is 4.94. The Morgan fingerprint density at radius 3 is 2.13 bits per heavy atom. The number of benzene rings is 3. The summed E-state index contributed by atoms with van der Waals surface area (Å²) in [6.45, 7) is 0. The first kappa shape index (κ1) is 19.3. The van der Waals surface area contributed by atoms with Crippen LogP contribution < -0.4 is 10.7 Å². The van der Waals surface area contributed by atoms with Crippen LogP contribution in [-0.4, -0.2) is 28.8 Å². The molecule has 0 spiro atoms. The van der Waals surface area contributed by atoms with Crippen LogP contribution in [0.4, 0.5) is 0 Å². The van der Waals surface area contributed by atoms with Gasteiger partial charge in [-0.1, -0.05) is 78.9 Å². The van der Waals surface area contributed by atoms with Gasteiger partial charge in [0.05, 0.1) is 0 Å². The number of nitrogens with zero attached hydrogens (tertiary/aromatic N) is 1. The maximum Gasteiger partial charge on any atom is 0.304 e. The summed E-state index contributed by atoms with van der Waals surface area (Å²) >= 11 is 0. The quantitative estimate of drug-likeness (QED) is 0.650. The predicted molar refractivity (Wildman–Crippen MR) is 117 cm³/mol. The Balaban J connectivity index is 1.62. The van der Waals surface area contributed by atoms with Crippen molar-refractivity contribution in [3.63, 3.8) is 0 Å². The van der Waals surface area contributed by atoms with Gasteiger partial charge in [-0.15, -0.1) is 10.1 Å². The Bertz CT molecular complexity index is 1080. The van der Waals surface area contributed by atoms with E-state index in [1.165, 1.54) is 0 Å². The van der Waals surface area contributed by atoms with Gasteiger partial charge >= 0.3 is 5.91 Å². The van der Waals surface area contributed by atoms with E-state index in [1.54, 1.807) is 28.9 Å². The zero-order chi connectivity index (χ0) is 20.8. The van der Waals surface area contributed by atoms with Gasteiger partial charge in [0, 0.05) is 17.2 Å². The molecule has 0 aromatic heterocycles. The molecule has 4 rings (SSSR count). The highest BCUT2D eigenvalue weighted by molar-refractivity contribution is 5.98. The lowest BCUT2D eigenvalue weighted by Crippen LogP contribution is -2.42. The van der Waals surface area contributed by atoms with Crippen LogP contribution in [0.25, 0.3) is 6.08 Å². The number of hydrogen-bond donors (Lipinski definition) is 2. The number of hydrazine groups is 1. The number of amides is 2. The van der Waals surface area contributed by atoms with E-state index in [0.717, 1.165) is 11.1 Å². The van der Waals surface area contributed by atoms with Crippen LogP contribution in [-0.2, 0) is 4.79 Å². The Kier molecular flexibility index (Phi) is 5.80. The minimum atomic E-state index is -0.721. The van der Waals surface area contributed by atoms with E-state index in [0.29, 0.717) is 5.56 Å². The van der Waals surface area contributed by atoms with Crippen molar-refractivity contribution in [2.24, 2.45) is 0 Å². The molecule has 1 aliphatic heterocycles. The Morgan fingerprint density at radius 2 is 1.47 bits per heavy atom. The average molecular weight is 396 g/mol. The van der Waals surface area contributed by atoms with Crippen LogP contribution in [0.5, 0.6) is 0 Å². The zero-order valence-corrected chi connectivity index (χ0v) is 16.3. The molecule has 1 fully saturated rings. The number of rotatable bonds is 5. The van der Waals surface area contributed by atoms with Crippen LogP contribution in [0, 0.1) is 0 Å². The van der Waals surface area contributed by atoms with E-state index in [2.05, 4.69) is 10.7 Å². The molecule has 1 saturated heterocycles. The summed E-state index contributed by atoms with van der Waals surface area (Å²) in [7, 11) is 0. The molecule has 5 heteroatoms. The molecule has 0 aliphatic carbocycles. The van der Waals surface area contributed by atoms with Gasteiger partial charge in [0.2, 0.25) is 6.04 Å². The fraction of sp³-hybridized carbons (Fsp3) is 0.0800. The van der Waals surface area contributed by atoms with Gasteiger partial charge in [0.15, 0.2) is 12.3 Å². The van der Waals surface area contributed by atoms with Crippen molar-refractivity contribution in [2.45, 2.75) is 12.1 Å². The number of carbonyl (C=O) groups is 2. The van der Waals surface area contributed by atoms with Crippen molar-refractivity contribution in [3.05, 3.63) is 114 Å². The highest BCUT2D eigenvalue weighted by atomic mass is 16.2. The summed E-state index contributed by atoms with van der Waals surface area (Å²) in [4.78, 5) is 25.5. The van der Waals surface area contributed by atoms with E-state index in [9.17, 15) is 9.59 Å². The Morgan fingerprint density at radius 1 is 0.867 bits per heavy atom. The molecule has 0 saturated carbocycles. The number of allylic oxidation sites excluding steroid dienone is 1. The van der Waals surface area contributed by atoms with Gasteiger partial charge < -0.3 is 5.32 Å². The van der Waals surface area contributed by atoms with Gasteiger partial charge in [0.25, 0.3) is 5.91 Å². The van der Waals surface area contributed by atoms with Crippen molar-refractivity contribution in [1.29, 1.82) is 0 Å². The van der Waals surface area contributed by atoms with E-state index in [4.69, 9.17) is 0 Å². The van der Waals surface area contributed by atoms with Crippen LogP contribution >= 0.6 is 0 Å². The van der Waals surface area contributed by atoms with Crippen molar-refractivity contribution in [1.82, 2.24) is 10.7 Å². The molecule has 2 N–H and O–H groups in total. The minimum absolute atomic E-state index is 0.252. The normalized spacial score (nSPS) is 19.7. The predicted octanol–water partition coefficient (Wildman–Crippen LogP) is 3.37. The topological polar surface area (TPSA) is 61.2 Å². The van der Waals surface area contributed by atoms with E-state index in [-0.39, 0.29) is 17.9 Å². The Labute approximate surface area is 175 Å². The number of nitrogens with one attached hydrogen (secondary N) is 2. The molecule has 148 valence electrons. The van der Waals surface area contributed by atoms with Crippen molar-refractivity contribution >= 4 is 24.1 Å². The zero-order valence-electron chi connectivity index (χ0n) is 16.3. The molecule has 1 aliphatic rings. The summed E-state index contributed by atoms with van der Waals surface area (Å²) in [5.74, 6) is -0.532. The molecule has 0 unspecified atom stereocenters. The second-order valence-electron chi connectivity index (χ2n) is 6.97. The standard InChI is InChI=1S/C25H21N3O2/c29-24(21-16-8-3-9-17-21)26-22-23(20-14-6-2-7-15-20)28(27-25(22)30)18-10-13-19-11-4-1-5-12-19/h1-18,22-23H,(H-,26,27,29,30)/p+1/b13-10+,28-18-/t22-,23-/m1/s1. The lowest BCUT2D eigenvalue weighted by atomic mass is 10.00. The van der Waals surface area contributed by atoms with Crippen LogP contribution in [0.2, 0.25) is 0 Å². The first-order chi connectivity index (χ1) is 14.7. The first-order valence-electron chi connectivity index (χ1n) is 9.79. The summed E-state index contributed by atoms with van der Waals surface area (Å²) in [6, 6.07) is 27.4. The number of hydrogen-bond acceptors (Lipinski definition) is 2. The molecule has 1 heterocycles.